The van der Waals surface area contributed by atoms with Gasteiger partial charge in [-0.25, -0.2) is 4.79 Å². The van der Waals surface area contributed by atoms with Gasteiger partial charge in [-0.3, -0.25) is 4.79 Å². The fraction of sp³-hybridized carbons (Fsp3) is 0.556. The number of amides is 3. The molecule has 2 rings (SSSR count). The van der Waals surface area contributed by atoms with Crippen molar-refractivity contribution in [3.8, 4) is 5.75 Å². The van der Waals surface area contributed by atoms with Crippen LogP contribution in [0.4, 0.5) is 4.79 Å². The van der Waals surface area contributed by atoms with E-state index in [4.69, 9.17) is 16.3 Å². The van der Waals surface area contributed by atoms with Gasteiger partial charge in [0, 0.05) is 25.0 Å². The van der Waals surface area contributed by atoms with Crippen molar-refractivity contribution < 1.29 is 14.3 Å². The first-order valence-electron chi connectivity index (χ1n) is 8.65. The first-order valence-corrected chi connectivity index (χ1v) is 9.03. The monoisotopic (exact) mass is 367 g/mol. The highest BCUT2D eigenvalue weighted by Gasteiger charge is 2.24. The van der Waals surface area contributed by atoms with Gasteiger partial charge < -0.3 is 20.3 Å². The third-order valence-corrected chi connectivity index (χ3v) is 4.28. The molecule has 0 bridgehead atoms. The lowest BCUT2D eigenvalue weighted by molar-refractivity contribution is -0.120. The van der Waals surface area contributed by atoms with Crippen LogP contribution in [0.3, 0.4) is 0 Å². The van der Waals surface area contributed by atoms with Crippen LogP contribution in [-0.2, 0) is 4.79 Å². The summed E-state index contributed by atoms with van der Waals surface area (Å²) in [6.07, 6.45) is 1.92. The van der Waals surface area contributed by atoms with Crippen LogP contribution in [0.2, 0.25) is 5.02 Å². The smallest absolute Gasteiger partial charge is 0.317 e. The number of rotatable bonds is 6. The summed E-state index contributed by atoms with van der Waals surface area (Å²) in [5, 5.41) is 6.01. The zero-order valence-electron chi connectivity index (χ0n) is 14.8. The van der Waals surface area contributed by atoms with Crippen LogP contribution in [-0.4, -0.2) is 49.1 Å². The van der Waals surface area contributed by atoms with Gasteiger partial charge in [-0.2, -0.15) is 0 Å². The fourth-order valence-corrected chi connectivity index (χ4v) is 2.99. The molecule has 7 heteroatoms. The maximum absolute atomic E-state index is 12.2. The van der Waals surface area contributed by atoms with Crippen molar-refractivity contribution >= 4 is 23.5 Å². The largest absolute Gasteiger partial charge is 0.492 e. The van der Waals surface area contributed by atoms with Gasteiger partial charge in [0.05, 0.1) is 18.2 Å². The Morgan fingerprint density at radius 3 is 2.84 bits per heavy atom. The number of ether oxygens (including phenoxy) is 1. The predicted octanol–water partition coefficient (Wildman–Crippen LogP) is 2.67. The Hall–Kier alpha value is -1.95. The minimum atomic E-state index is -0.207. The molecule has 0 aromatic heterocycles. The molecular formula is C18H26ClN3O3. The second kappa shape index (κ2) is 9.51. The molecule has 3 amide bonds. The fourth-order valence-electron chi connectivity index (χ4n) is 2.80. The van der Waals surface area contributed by atoms with Gasteiger partial charge in [0.1, 0.15) is 5.75 Å². The Balaban J connectivity index is 1.77. The molecule has 1 fully saturated rings. The number of halogens is 1. The summed E-state index contributed by atoms with van der Waals surface area (Å²) < 4.78 is 5.79. The van der Waals surface area contributed by atoms with Crippen molar-refractivity contribution in [2.45, 2.75) is 32.7 Å². The van der Waals surface area contributed by atoms with Crippen molar-refractivity contribution in [2.75, 3.05) is 26.2 Å². The van der Waals surface area contributed by atoms with E-state index in [1.165, 1.54) is 0 Å². The zero-order valence-corrected chi connectivity index (χ0v) is 15.5. The van der Waals surface area contributed by atoms with Crippen molar-refractivity contribution in [3.05, 3.63) is 29.3 Å². The van der Waals surface area contributed by atoms with Crippen LogP contribution in [0.15, 0.2) is 24.3 Å². The summed E-state index contributed by atoms with van der Waals surface area (Å²) in [4.78, 5) is 25.6. The van der Waals surface area contributed by atoms with E-state index in [0.29, 0.717) is 30.5 Å². The van der Waals surface area contributed by atoms with Crippen molar-refractivity contribution in [3.63, 3.8) is 0 Å². The van der Waals surface area contributed by atoms with Crippen LogP contribution < -0.4 is 15.4 Å². The van der Waals surface area contributed by atoms with E-state index in [0.717, 1.165) is 12.8 Å². The molecule has 25 heavy (non-hydrogen) atoms. The molecule has 1 aliphatic rings. The minimum Gasteiger partial charge on any atom is -0.492 e. The van der Waals surface area contributed by atoms with E-state index in [1.54, 1.807) is 11.0 Å². The van der Waals surface area contributed by atoms with E-state index < -0.39 is 0 Å². The van der Waals surface area contributed by atoms with Gasteiger partial charge >= 0.3 is 6.03 Å². The molecule has 1 aliphatic heterocycles. The molecule has 0 radical (unpaired) electrons. The molecule has 1 aromatic carbocycles. The van der Waals surface area contributed by atoms with Gasteiger partial charge in [-0.05, 0) is 38.8 Å². The van der Waals surface area contributed by atoms with Crippen molar-refractivity contribution in [2.24, 2.45) is 5.92 Å². The molecule has 1 aromatic rings. The maximum atomic E-state index is 12.2. The molecule has 1 atom stereocenters. The number of carbonyl (C=O) groups excluding carboxylic acids is 2. The number of hydrogen-bond acceptors (Lipinski definition) is 3. The molecule has 0 spiro atoms. The third kappa shape index (κ3) is 6.46. The maximum Gasteiger partial charge on any atom is 0.317 e. The van der Waals surface area contributed by atoms with Gasteiger partial charge in [-0.1, -0.05) is 23.7 Å². The Morgan fingerprint density at radius 2 is 2.12 bits per heavy atom. The number of hydrogen-bond donors (Lipinski definition) is 2. The molecule has 6 nitrogen and oxygen atoms in total. The standard InChI is InChI=1S/C18H26ClN3O3/c1-13(2)21-17(23)10-20-18(24)22-9-5-6-14(11-22)12-25-16-8-4-3-7-15(16)19/h3-4,7-8,13-14H,5-6,9-12H2,1-2H3,(H,20,24)(H,21,23). The molecule has 2 N–H and O–H groups in total. The average Bonchev–Trinajstić information content (AvgIpc) is 2.58. The normalized spacial score (nSPS) is 17.3. The summed E-state index contributed by atoms with van der Waals surface area (Å²) in [6, 6.07) is 7.22. The van der Waals surface area contributed by atoms with Gasteiger partial charge in [0.15, 0.2) is 0 Å². The van der Waals surface area contributed by atoms with E-state index >= 15 is 0 Å². The highest BCUT2D eigenvalue weighted by Crippen LogP contribution is 2.25. The molecule has 138 valence electrons. The number of nitrogens with zero attached hydrogens (tertiary/aromatic N) is 1. The summed E-state index contributed by atoms with van der Waals surface area (Å²) in [6.45, 7) is 5.58. The number of nitrogens with one attached hydrogen (secondary N) is 2. The van der Waals surface area contributed by atoms with Crippen LogP contribution in [0.25, 0.3) is 0 Å². The number of urea groups is 1. The summed E-state index contributed by atoms with van der Waals surface area (Å²) in [5.74, 6) is 0.732. The van der Waals surface area contributed by atoms with Crippen molar-refractivity contribution in [1.82, 2.24) is 15.5 Å². The highest BCUT2D eigenvalue weighted by atomic mass is 35.5. The van der Waals surface area contributed by atoms with Crippen LogP contribution in [0.1, 0.15) is 26.7 Å². The Morgan fingerprint density at radius 1 is 1.36 bits per heavy atom. The summed E-state index contributed by atoms with van der Waals surface area (Å²) >= 11 is 6.09. The first-order chi connectivity index (χ1) is 12.0. The Kier molecular flexibility index (Phi) is 7.37. The van der Waals surface area contributed by atoms with Gasteiger partial charge in [0.25, 0.3) is 0 Å². The molecule has 1 unspecified atom stereocenters. The zero-order chi connectivity index (χ0) is 18.2. The minimum absolute atomic E-state index is 0.00565. The summed E-state index contributed by atoms with van der Waals surface area (Å²) in [7, 11) is 0. The van der Waals surface area contributed by atoms with E-state index in [2.05, 4.69) is 10.6 Å². The molecule has 0 aliphatic carbocycles. The van der Waals surface area contributed by atoms with Crippen molar-refractivity contribution in [1.29, 1.82) is 0 Å². The SMILES string of the molecule is CC(C)NC(=O)CNC(=O)N1CCCC(COc2ccccc2Cl)C1. The van der Waals surface area contributed by atoms with E-state index in [9.17, 15) is 9.59 Å². The third-order valence-electron chi connectivity index (χ3n) is 3.97. The second-order valence-corrected chi connectivity index (χ2v) is 6.98. The molecular weight excluding hydrogens is 342 g/mol. The average molecular weight is 368 g/mol. The van der Waals surface area contributed by atoms with Crippen LogP contribution in [0.5, 0.6) is 5.75 Å². The quantitative estimate of drug-likeness (QED) is 0.812. The lowest BCUT2D eigenvalue weighted by Gasteiger charge is -2.32. The van der Waals surface area contributed by atoms with Gasteiger partial charge in [-0.15, -0.1) is 0 Å². The molecule has 0 saturated carbocycles. The van der Waals surface area contributed by atoms with E-state index in [1.807, 2.05) is 32.0 Å². The first kappa shape index (κ1) is 19.4. The van der Waals surface area contributed by atoms with Gasteiger partial charge in [0.2, 0.25) is 5.91 Å². The summed E-state index contributed by atoms with van der Waals surface area (Å²) in [5.41, 5.74) is 0. The Labute approximate surface area is 153 Å². The number of benzene rings is 1. The topological polar surface area (TPSA) is 70.7 Å². The van der Waals surface area contributed by atoms with Crippen LogP contribution >= 0.6 is 11.6 Å². The lowest BCUT2D eigenvalue weighted by Crippen LogP contribution is -2.49. The number of para-hydroxylation sites is 1. The number of piperidine rings is 1. The Bertz CT molecular complexity index is 595. The predicted molar refractivity (Wildman–Crippen MR) is 97.9 cm³/mol. The molecule has 1 heterocycles. The molecule has 1 saturated heterocycles. The lowest BCUT2D eigenvalue weighted by atomic mass is 9.99. The second-order valence-electron chi connectivity index (χ2n) is 6.58. The number of carbonyl (C=O) groups is 2. The van der Waals surface area contributed by atoms with Crippen LogP contribution in [0, 0.1) is 5.92 Å². The number of likely N-dealkylation sites (tertiary alicyclic amines) is 1. The highest BCUT2D eigenvalue weighted by molar-refractivity contribution is 6.32. The van der Waals surface area contributed by atoms with E-state index in [-0.39, 0.29) is 30.4 Å².